The van der Waals surface area contributed by atoms with Crippen LogP contribution in [0, 0.1) is 0 Å². The maximum atomic E-state index is 10.5. The largest absolute Gasteiger partial charge is 0.457 e. The normalized spacial score (nSPS) is 10.2. The topological polar surface area (TPSA) is 106 Å². The zero-order chi connectivity index (χ0) is 11.4. The number of carbonyl (C=O) groups is 2. The zero-order valence-electron chi connectivity index (χ0n) is 7.92. The van der Waals surface area contributed by atoms with Gasteiger partial charge in [-0.3, -0.25) is 10.1 Å². The summed E-state index contributed by atoms with van der Waals surface area (Å²) in [4.78, 5) is 23.4. The summed E-state index contributed by atoms with van der Waals surface area (Å²) < 4.78 is 14.0. The summed E-state index contributed by atoms with van der Waals surface area (Å²) >= 11 is 0. The Kier molecular flexibility index (Phi) is 9.51. The maximum Gasteiger partial charge on any atom is 0.350 e. The van der Waals surface area contributed by atoms with Crippen LogP contribution >= 0.6 is 0 Å². The number of nitrogens with zero attached hydrogens (tertiary/aromatic N) is 1. The molecule has 0 aliphatic carbocycles. The maximum absolute atomic E-state index is 10.5. The number of hydrogen-bond acceptors (Lipinski definition) is 6. The van der Waals surface area contributed by atoms with Crippen molar-refractivity contribution in [3.05, 3.63) is 0 Å². The molecule has 0 bridgehead atoms. The van der Waals surface area contributed by atoms with Gasteiger partial charge in [-0.2, -0.15) is 4.99 Å². The SMILES string of the molecule is O=CNC(=O)N=COCOCCOCO. The molecule has 0 atom stereocenters. The van der Waals surface area contributed by atoms with Crippen molar-refractivity contribution in [3.63, 3.8) is 0 Å². The van der Waals surface area contributed by atoms with E-state index in [1.807, 2.05) is 0 Å². The third-order valence-electron chi connectivity index (χ3n) is 1.04. The highest BCUT2D eigenvalue weighted by atomic mass is 16.7. The van der Waals surface area contributed by atoms with E-state index in [1.54, 1.807) is 5.32 Å². The average molecular weight is 220 g/mol. The second-order valence-corrected chi connectivity index (χ2v) is 2.03. The molecule has 8 heteroatoms. The summed E-state index contributed by atoms with van der Waals surface area (Å²) in [5.41, 5.74) is 0. The number of carbonyl (C=O) groups excluding carboxylic acids is 2. The van der Waals surface area contributed by atoms with Crippen molar-refractivity contribution in [1.29, 1.82) is 0 Å². The van der Waals surface area contributed by atoms with Gasteiger partial charge in [-0.1, -0.05) is 0 Å². The number of aliphatic hydroxyl groups is 1. The van der Waals surface area contributed by atoms with Crippen molar-refractivity contribution in [1.82, 2.24) is 5.32 Å². The van der Waals surface area contributed by atoms with Crippen molar-refractivity contribution in [3.8, 4) is 0 Å². The molecule has 0 aromatic rings. The van der Waals surface area contributed by atoms with Crippen LogP contribution in [0.2, 0.25) is 0 Å². The van der Waals surface area contributed by atoms with Crippen LogP contribution in [0.5, 0.6) is 0 Å². The highest BCUT2D eigenvalue weighted by Crippen LogP contribution is 1.78. The highest BCUT2D eigenvalue weighted by Gasteiger charge is 1.91. The molecule has 8 nitrogen and oxygen atoms in total. The van der Waals surface area contributed by atoms with Crippen molar-refractivity contribution in [2.45, 2.75) is 0 Å². The summed E-state index contributed by atoms with van der Waals surface area (Å²) in [6.45, 7) is 0.0156. The Balaban J connectivity index is 3.22. The van der Waals surface area contributed by atoms with E-state index in [0.717, 1.165) is 6.40 Å². The molecule has 2 N–H and O–H groups in total. The molecule has 0 unspecified atom stereocenters. The van der Waals surface area contributed by atoms with E-state index >= 15 is 0 Å². The van der Waals surface area contributed by atoms with Crippen LogP contribution in [-0.4, -0.2) is 50.7 Å². The number of aliphatic imine (C=N–C) groups is 1. The van der Waals surface area contributed by atoms with E-state index < -0.39 is 6.03 Å². The van der Waals surface area contributed by atoms with Gasteiger partial charge in [0.05, 0.1) is 13.2 Å². The Hall–Kier alpha value is -1.51. The van der Waals surface area contributed by atoms with Crippen molar-refractivity contribution >= 4 is 18.8 Å². The predicted molar refractivity (Wildman–Crippen MR) is 48.0 cm³/mol. The summed E-state index contributed by atoms with van der Waals surface area (Å²) in [6.07, 6.45) is 1.06. The lowest BCUT2D eigenvalue weighted by Gasteiger charge is -2.02. The molecule has 0 aliphatic rings. The van der Waals surface area contributed by atoms with Gasteiger partial charge in [0.1, 0.15) is 6.79 Å². The van der Waals surface area contributed by atoms with Crippen molar-refractivity contribution in [2.24, 2.45) is 4.99 Å². The standard InChI is InChI=1S/C7H12N2O6/c10-3-8-7(12)9-4-15-6-14-2-1-13-5-11/h3-4,11H,1-2,5-6H2,(H,8,10,12). The third kappa shape index (κ3) is 10.4. The Labute approximate surface area is 85.8 Å². The van der Waals surface area contributed by atoms with Crippen molar-refractivity contribution in [2.75, 3.05) is 26.8 Å². The number of urea groups is 1. The van der Waals surface area contributed by atoms with E-state index in [1.165, 1.54) is 0 Å². The lowest BCUT2D eigenvalue weighted by molar-refractivity contribution is -0.108. The highest BCUT2D eigenvalue weighted by molar-refractivity contribution is 5.88. The molecule has 0 saturated carbocycles. The quantitative estimate of drug-likeness (QED) is 0.176. The van der Waals surface area contributed by atoms with Gasteiger partial charge in [0.15, 0.2) is 13.2 Å². The van der Waals surface area contributed by atoms with Crippen molar-refractivity contribution < 1.29 is 28.9 Å². The Morgan fingerprint density at radius 3 is 2.80 bits per heavy atom. The van der Waals surface area contributed by atoms with E-state index in [4.69, 9.17) is 9.84 Å². The number of ether oxygens (including phenoxy) is 3. The van der Waals surface area contributed by atoms with Crippen LogP contribution in [0.25, 0.3) is 0 Å². The van der Waals surface area contributed by atoms with Crippen LogP contribution in [-0.2, 0) is 19.0 Å². The first kappa shape index (κ1) is 13.5. The second-order valence-electron chi connectivity index (χ2n) is 2.03. The Bertz CT molecular complexity index is 208. The first-order valence-corrected chi connectivity index (χ1v) is 3.96. The van der Waals surface area contributed by atoms with E-state index in [0.29, 0.717) is 0 Å². The zero-order valence-corrected chi connectivity index (χ0v) is 7.92. The number of hydrogen-bond donors (Lipinski definition) is 2. The predicted octanol–water partition coefficient (Wildman–Crippen LogP) is -1.16. The summed E-state index contributed by atoms with van der Waals surface area (Å²) in [5, 5.41) is 9.99. The van der Waals surface area contributed by atoms with E-state index in [9.17, 15) is 9.59 Å². The number of aliphatic hydroxyl groups excluding tert-OH is 1. The lowest BCUT2D eigenvalue weighted by atomic mass is 10.8. The first-order chi connectivity index (χ1) is 7.31. The molecule has 0 radical (unpaired) electrons. The minimum Gasteiger partial charge on any atom is -0.457 e. The van der Waals surface area contributed by atoms with Crippen LogP contribution in [0.1, 0.15) is 0 Å². The monoisotopic (exact) mass is 220 g/mol. The van der Waals surface area contributed by atoms with Crippen LogP contribution in [0.15, 0.2) is 4.99 Å². The molecular formula is C7H12N2O6. The minimum atomic E-state index is -0.825. The Morgan fingerprint density at radius 2 is 2.13 bits per heavy atom. The molecule has 0 saturated heterocycles. The van der Waals surface area contributed by atoms with Gasteiger partial charge < -0.3 is 19.3 Å². The van der Waals surface area contributed by atoms with Crippen LogP contribution in [0.3, 0.4) is 0 Å². The van der Waals surface area contributed by atoms with Gasteiger partial charge in [-0.25, -0.2) is 4.79 Å². The van der Waals surface area contributed by atoms with Gasteiger partial charge in [-0.15, -0.1) is 0 Å². The Morgan fingerprint density at radius 1 is 1.40 bits per heavy atom. The summed E-state index contributed by atoms with van der Waals surface area (Å²) in [5.74, 6) is 0. The fraction of sp³-hybridized carbons (Fsp3) is 0.571. The third-order valence-corrected chi connectivity index (χ3v) is 1.04. The average Bonchev–Trinajstić information content (AvgIpc) is 2.22. The molecule has 3 amide bonds. The molecule has 0 aliphatic heterocycles. The second kappa shape index (κ2) is 10.6. The molecule has 0 fully saturated rings. The summed E-state index contributed by atoms with van der Waals surface area (Å²) in [7, 11) is 0. The molecular weight excluding hydrogens is 208 g/mol. The molecule has 0 rings (SSSR count). The number of rotatable bonds is 8. The number of amides is 3. The molecule has 15 heavy (non-hydrogen) atoms. The molecule has 86 valence electrons. The number of nitrogens with one attached hydrogen (secondary N) is 1. The number of imide groups is 1. The van der Waals surface area contributed by atoms with Crippen LogP contribution < -0.4 is 5.32 Å². The van der Waals surface area contributed by atoms with E-state index in [2.05, 4.69) is 14.5 Å². The minimum absolute atomic E-state index is 0.105. The fourth-order valence-corrected chi connectivity index (χ4v) is 0.493. The van der Waals surface area contributed by atoms with Gasteiger partial charge in [-0.05, 0) is 0 Å². The smallest absolute Gasteiger partial charge is 0.350 e. The van der Waals surface area contributed by atoms with Gasteiger partial charge >= 0.3 is 6.03 Å². The van der Waals surface area contributed by atoms with Gasteiger partial charge in [0.2, 0.25) is 6.41 Å². The molecule has 0 spiro atoms. The summed E-state index contributed by atoms with van der Waals surface area (Å²) in [6, 6.07) is -0.825. The van der Waals surface area contributed by atoms with Gasteiger partial charge in [0, 0.05) is 0 Å². The molecule has 0 aromatic carbocycles. The van der Waals surface area contributed by atoms with E-state index in [-0.39, 0.29) is 33.2 Å². The van der Waals surface area contributed by atoms with Crippen LogP contribution in [0.4, 0.5) is 4.79 Å². The first-order valence-electron chi connectivity index (χ1n) is 3.96. The molecule has 0 heterocycles. The fourth-order valence-electron chi connectivity index (χ4n) is 0.493. The molecule has 0 aromatic heterocycles. The van der Waals surface area contributed by atoms with Gasteiger partial charge in [0.25, 0.3) is 0 Å². The lowest BCUT2D eigenvalue weighted by Crippen LogP contribution is -2.17.